The average Bonchev–Trinajstić information content (AvgIpc) is 2.57. The average molecular weight is 182 g/mol. The van der Waals surface area contributed by atoms with Gasteiger partial charge in [-0.05, 0) is 25.9 Å². The molecule has 1 aliphatic rings. The molecule has 1 aliphatic heterocycles. The molecule has 0 aliphatic carbocycles. The van der Waals surface area contributed by atoms with Crippen LogP contribution in [0.3, 0.4) is 0 Å². The lowest BCUT2D eigenvalue weighted by Crippen LogP contribution is -2.33. The van der Waals surface area contributed by atoms with E-state index in [2.05, 4.69) is 16.8 Å². The minimum atomic E-state index is 0.0780. The first-order valence-electron chi connectivity index (χ1n) is 4.93. The molecule has 0 unspecified atom stereocenters. The van der Waals surface area contributed by atoms with Crippen LogP contribution in [0, 0.1) is 0 Å². The second-order valence-electron chi connectivity index (χ2n) is 3.39. The van der Waals surface area contributed by atoms with Crippen molar-refractivity contribution in [3.8, 4) is 0 Å². The number of carbonyl (C=O) groups excluding carboxylic acids is 1. The van der Waals surface area contributed by atoms with Gasteiger partial charge in [-0.2, -0.15) is 0 Å². The molecule has 0 radical (unpaired) electrons. The zero-order valence-electron chi connectivity index (χ0n) is 8.09. The van der Waals surface area contributed by atoms with Crippen molar-refractivity contribution in [2.75, 3.05) is 26.2 Å². The van der Waals surface area contributed by atoms with Crippen LogP contribution in [0.25, 0.3) is 0 Å². The van der Waals surface area contributed by atoms with Crippen LogP contribution in [-0.4, -0.2) is 37.0 Å². The molecule has 1 heterocycles. The fraction of sp³-hybridized carbons (Fsp3) is 0.700. The summed E-state index contributed by atoms with van der Waals surface area (Å²) in [6.45, 7) is 7.66. The van der Waals surface area contributed by atoms with Crippen LogP contribution in [-0.2, 0) is 4.79 Å². The molecule has 1 fully saturated rings. The van der Waals surface area contributed by atoms with Crippen LogP contribution < -0.4 is 5.32 Å². The van der Waals surface area contributed by atoms with Crippen LogP contribution in [0.15, 0.2) is 12.7 Å². The molecule has 0 spiro atoms. The van der Waals surface area contributed by atoms with Gasteiger partial charge in [-0.15, -0.1) is 6.58 Å². The highest BCUT2D eigenvalue weighted by atomic mass is 16.1. The fourth-order valence-electron chi connectivity index (χ4n) is 1.56. The molecular weight excluding hydrogens is 164 g/mol. The van der Waals surface area contributed by atoms with Gasteiger partial charge < -0.3 is 10.2 Å². The molecule has 0 bridgehead atoms. The van der Waals surface area contributed by atoms with E-state index < -0.39 is 0 Å². The number of rotatable bonds is 5. The number of carbonyl (C=O) groups is 1. The Morgan fingerprint density at radius 3 is 2.77 bits per heavy atom. The quantitative estimate of drug-likeness (QED) is 0.637. The Balaban J connectivity index is 1.99. The number of nitrogens with zero attached hydrogens (tertiary/aromatic N) is 1. The van der Waals surface area contributed by atoms with Crippen LogP contribution in [0.4, 0.5) is 0 Å². The fourth-order valence-corrected chi connectivity index (χ4v) is 1.56. The van der Waals surface area contributed by atoms with Crippen molar-refractivity contribution in [3.05, 3.63) is 12.7 Å². The molecule has 0 aromatic carbocycles. The summed E-state index contributed by atoms with van der Waals surface area (Å²) in [5.74, 6) is 0.0780. The topological polar surface area (TPSA) is 32.3 Å². The number of hydrogen-bond acceptors (Lipinski definition) is 2. The Morgan fingerprint density at radius 2 is 2.15 bits per heavy atom. The Kier molecular flexibility index (Phi) is 4.54. The van der Waals surface area contributed by atoms with Crippen LogP contribution in [0.2, 0.25) is 0 Å². The maximum absolute atomic E-state index is 11.0. The highest BCUT2D eigenvalue weighted by Crippen LogP contribution is 2.05. The van der Waals surface area contributed by atoms with Gasteiger partial charge >= 0.3 is 0 Å². The third-order valence-electron chi connectivity index (χ3n) is 2.28. The standard InChI is InChI=1S/C10H18N2O/c1-2-5-10(13)11-6-9-12-7-3-4-8-12/h2H,1,3-9H2,(H,11,13). The number of likely N-dealkylation sites (tertiary alicyclic amines) is 1. The van der Waals surface area contributed by atoms with E-state index in [9.17, 15) is 4.79 Å². The van der Waals surface area contributed by atoms with E-state index in [-0.39, 0.29) is 5.91 Å². The molecule has 13 heavy (non-hydrogen) atoms. The normalized spacial score (nSPS) is 17.2. The van der Waals surface area contributed by atoms with Gasteiger partial charge in [-0.25, -0.2) is 0 Å². The van der Waals surface area contributed by atoms with E-state index in [1.165, 1.54) is 25.9 Å². The molecule has 3 heteroatoms. The molecule has 1 saturated heterocycles. The number of nitrogens with one attached hydrogen (secondary N) is 1. The first kappa shape index (κ1) is 10.3. The van der Waals surface area contributed by atoms with Gasteiger partial charge in [0, 0.05) is 19.5 Å². The van der Waals surface area contributed by atoms with Crippen molar-refractivity contribution < 1.29 is 4.79 Å². The molecule has 0 saturated carbocycles. The van der Waals surface area contributed by atoms with Gasteiger partial charge in [0.05, 0.1) is 0 Å². The van der Waals surface area contributed by atoms with Crippen molar-refractivity contribution in [2.45, 2.75) is 19.3 Å². The minimum absolute atomic E-state index is 0.0780. The Bertz CT molecular complexity index is 174. The first-order valence-corrected chi connectivity index (χ1v) is 4.93. The predicted molar refractivity (Wildman–Crippen MR) is 53.5 cm³/mol. The third-order valence-corrected chi connectivity index (χ3v) is 2.28. The molecular formula is C10H18N2O. The summed E-state index contributed by atoms with van der Waals surface area (Å²) in [6.07, 6.45) is 4.67. The van der Waals surface area contributed by atoms with E-state index in [0.29, 0.717) is 6.42 Å². The van der Waals surface area contributed by atoms with Crippen LogP contribution >= 0.6 is 0 Å². The first-order chi connectivity index (χ1) is 6.33. The molecule has 0 aromatic rings. The van der Waals surface area contributed by atoms with Crippen molar-refractivity contribution in [1.29, 1.82) is 0 Å². The Morgan fingerprint density at radius 1 is 1.46 bits per heavy atom. The molecule has 1 amide bonds. The molecule has 1 N–H and O–H groups in total. The lowest BCUT2D eigenvalue weighted by molar-refractivity contribution is -0.120. The van der Waals surface area contributed by atoms with E-state index in [4.69, 9.17) is 0 Å². The third kappa shape index (κ3) is 4.08. The number of hydrogen-bond donors (Lipinski definition) is 1. The molecule has 1 rings (SSSR count). The largest absolute Gasteiger partial charge is 0.355 e. The molecule has 74 valence electrons. The SMILES string of the molecule is C=CCC(=O)NCCN1CCCC1. The molecule has 0 atom stereocenters. The van der Waals surface area contributed by atoms with E-state index in [1.54, 1.807) is 6.08 Å². The summed E-state index contributed by atoms with van der Waals surface area (Å²) in [5, 5.41) is 2.86. The van der Waals surface area contributed by atoms with Crippen molar-refractivity contribution >= 4 is 5.91 Å². The van der Waals surface area contributed by atoms with Gasteiger partial charge in [0.15, 0.2) is 0 Å². The van der Waals surface area contributed by atoms with Crippen LogP contribution in [0.5, 0.6) is 0 Å². The second-order valence-corrected chi connectivity index (χ2v) is 3.39. The zero-order chi connectivity index (χ0) is 9.52. The second kappa shape index (κ2) is 5.75. The molecule has 3 nitrogen and oxygen atoms in total. The van der Waals surface area contributed by atoms with Crippen molar-refractivity contribution in [1.82, 2.24) is 10.2 Å². The van der Waals surface area contributed by atoms with E-state index in [0.717, 1.165) is 13.1 Å². The monoisotopic (exact) mass is 182 g/mol. The molecule has 0 aromatic heterocycles. The summed E-state index contributed by atoms with van der Waals surface area (Å²) in [6, 6.07) is 0. The zero-order valence-corrected chi connectivity index (χ0v) is 8.09. The minimum Gasteiger partial charge on any atom is -0.355 e. The van der Waals surface area contributed by atoms with Crippen molar-refractivity contribution in [3.63, 3.8) is 0 Å². The predicted octanol–water partition coefficient (Wildman–Crippen LogP) is 0.774. The van der Waals surface area contributed by atoms with E-state index in [1.807, 2.05) is 0 Å². The Hall–Kier alpha value is -0.830. The van der Waals surface area contributed by atoms with Crippen molar-refractivity contribution in [2.24, 2.45) is 0 Å². The smallest absolute Gasteiger partial charge is 0.223 e. The summed E-state index contributed by atoms with van der Waals surface area (Å²) in [4.78, 5) is 13.4. The lowest BCUT2D eigenvalue weighted by atomic mass is 10.4. The summed E-state index contributed by atoms with van der Waals surface area (Å²) in [7, 11) is 0. The maximum atomic E-state index is 11.0. The summed E-state index contributed by atoms with van der Waals surface area (Å²) < 4.78 is 0. The summed E-state index contributed by atoms with van der Waals surface area (Å²) in [5.41, 5.74) is 0. The van der Waals surface area contributed by atoms with Crippen LogP contribution in [0.1, 0.15) is 19.3 Å². The highest BCUT2D eigenvalue weighted by Gasteiger charge is 2.10. The maximum Gasteiger partial charge on any atom is 0.223 e. The summed E-state index contributed by atoms with van der Waals surface area (Å²) >= 11 is 0. The van der Waals surface area contributed by atoms with Gasteiger partial charge in [-0.3, -0.25) is 4.79 Å². The van der Waals surface area contributed by atoms with Gasteiger partial charge in [0.25, 0.3) is 0 Å². The van der Waals surface area contributed by atoms with E-state index >= 15 is 0 Å². The van der Waals surface area contributed by atoms with Gasteiger partial charge in [0.2, 0.25) is 5.91 Å². The number of amides is 1. The highest BCUT2D eigenvalue weighted by molar-refractivity contribution is 5.77. The van der Waals surface area contributed by atoms with Gasteiger partial charge in [0.1, 0.15) is 0 Å². The lowest BCUT2D eigenvalue weighted by Gasteiger charge is -2.14. The Labute approximate surface area is 79.8 Å². The van der Waals surface area contributed by atoms with Gasteiger partial charge in [-0.1, -0.05) is 6.08 Å².